The molecule has 2 nitrogen and oxygen atoms in total. The molecule has 0 saturated heterocycles. The average Bonchev–Trinajstić information content (AvgIpc) is 2.28. The van der Waals surface area contributed by atoms with Crippen LogP contribution in [0.3, 0.4) is 0 Å². The highest BCUT2D eigenvalue weighted by molar-refractivity contribution is 5.25. The lowest BCUT2D eigenvalue weighted by molar-refractivity contribution is 0.251. The topological polar surface area (TPSA) is 29.3 Å². The Labute approximate surface area is 99.5 Å². The van der Waals surface area contributed by atoms with Gasteiger partial charge in [0, 0.05) is 12.6 Å². The molecule has 90 valence electrons. The molecule has 0 aliphatic heterocycles. The number of hydrogen-bond acceptors (Lipinski definition) is 2. The Morgan fingerprint density at radius 3 is 2.62 bits per heavy atom. The molecule has 0 fully saturated rings. The summed E-state index contributed by atoms with van der Waals surface area (Å²) in [4.78, 5) is 2.39. The van der Waals surface area contributed by atoms with Gasteiger partial charge in [0.1, 0.15) is 0 Å². The molecule has 0 aliphatic carbocycles. The van der Waals surface area contributed by atoms with Gasteiger partial charge in [-0.25, -0.2) is 0 Å². The summed E-state index contributed by atoms with van der Waals surface area (Å²) in [6.45, 7) is 6.30. The zero-order chi connectivity index (χ0) is 12.0. The van der Waals surface area contributed by atoms with Crippen LogP contribution in [-0.2, 0) is 6.42 Å². The summed E-state index contributed by atoms with van der Waals surface area (Å²) >= 11 is 0. The molecule has 1 aromatic rings. The first-order chi connectivity index (χ1) is 7.65. The fourth-order valence-corrected chi connectivity index (χ4v) is 1.87. The molecular formula is C14H24N2. The number of benzene rings is 1. The van der Waals surface area contributed by atoms with Crippen LogP contribution in [-0.4, -0.2) is 31.1 Å². The summed E-state index contributed by atoms with van der Waals surface area (Å²) in [5, 5.41) is 0. The van der Waals surface area contributed by atoms with E-state index in [2.05, 4.69) is 50.1 Å². The Bertz CT molecular complexity index is 309. The van der Waals surface area contributed by atoms with E-state index in [4.69, 9.17) is 5.73 Å². The standard InChI is InChI=1S/C14H24N2/c1-12-6-4-5-7-14(12)9-11-16(3)13(2)8-10-15/h4-7,13H,8-11,15H2,1-3H3. The Hall–Kier alpha value is -0.860. The van der Waals surface area contributed by atoms with Gasteiger partial charge in [0.15, 0.2) is 0 Å². The summed E-state index contributed by atoms with van der Waals surface area (Å²) in [6.07, 6.45) is 2.20. The highest BCUT2D eigenvalue weighted by Gasteiger charge is 2.08. The summed E-state index contributed by atoms with van der Waals surface area (Å²) in [5.41, 5.74) is 8.42. The van der Waals surface area contributed by atoms with E-state index in [9.17, 15) is 0 Å². The van der Waals surface area contributed by atoms with E-state index in [-0.39, 0.29) is 0 Å². The van der Waals surface area contributed by atoms with Gasteiger partial charge in [-0.2, -0.15) is 0 Å². The third-order valence-electron chi connectivity index (χ3n) is 3.33. The molecule has 1 atom stereocenters. The molecule has 1 rings (SSSR count). The number of aryl methyl sites for hydroxylation is 1. The van der Waals surface area contributed by atoms with Crippen LogP contribution in [0, 0.1) is 6.92 Å². The van der Waals surface area contributed by atoms with E-state index in [1.165, 1.54) is 11.1 Å². The minimum absolute atomic E-state index is 0.578. The predicted octanol–water partition coefficient (Wildman–Crippen LogP) is 2.21. The molecule has 0 spiro atoms. The van der Waals surface area contributed by atoms with Crippen molar-refractivity contribution in [3.05, 3.63) is 35.4 Å². The number of likely N-dealkylation sites (N-methyl/N-ethyl adjacent to an activating group) is 1. The van der Waals surface area contributed by atoms with Crippen molar-refractivity contribution in [1.82, 2.24) is 4.90 Å². The number of nitrogens with zero attached hydrogens (tertiary/aromatic N) is 1. The van der Waals surface area contributed by atoms with Crippen LogP contribution >= 0.6 is 0 Å². The fraction of sp³-hybridized carbons (Fsp3) is 0.571. The molecular weight excluding hydrogens is 196 g/mol. The van der Waals surface area contributed by atoms with Crippen molar-refractivity contribution < 1.29 is 0 Å². The van der Waals surface area contributed by atoms with Gasteiger partial charge in [0.25, 0.3) is 0 Å². The molecule has 1 aromatic carbocycles. The maximum Gasteiger partial charge on any atom is 0.00760 e. The van der Waals surface area contributed by atoms with Crippen LogP contribution in [0.1, 0.15) is 24.5 Å². The highest BCUT2D eigenvalue weighted by atomic mass is 15.1. The smallest absolute Gasteiger partial charge is 0.00760 e. The molecule has 0 bridgehead atoms. The van der Waals surface area contributed by atoms with E-state index >= 15 is 0 Å². The van der Waals surface area contributed by atoms with Gasteiger partial charge >= 0.3 is 0 Å². The van der Waals surface area contributed by atoms with Crippen molar-refractivity contribution >= 4 is 0 Å². The Morgan fingerprint density at radius 2 is 2.00 bits per heavy atom. The van der Waals surface area contributed by atoms with E-state index in [1.807, 2.05) is 0 Å². The van der Waals surface area contributed by atoms with Crippen molar-refractivity contribution in [2.75, 3.05) is 20.1 Å². The van der Waals surface area contributed by atoms with E-state index in [0.29, 0.717) is 6.04 Å². The molecule has 2 heteroatoms. The van der Waals surface area contributed by atoms with Gasteiger partial charge in [-0.1, -0.05) is 24.3 Å². The van der Waals surface area contributed by atoms with Crippen LogP contribution in [0.4, 0.5) is 0 Å². The van der Waals surface area contributed by atoms with Crippen LogP contribution in [0.15, 0.2) is 24.3 Å². The van der Waals surface area contributed by atoms with Crippen LogP contribution < -0.4 is 5.73 Å². The fourth-order valence-electron chi connectivity index (χ4n) is 1.87. The number of rotatable bonds is 6. The predicted molar refractivity (Wildman–Crippen MR) is 70.6 cm³/mol. The molecule has 0 heterocycles. The Balaban J connectivity index is 2.42. The van der Waals surface area contributed by atoms with Gasteiger partial charge in [-0.3, -0.25) is 0 Å². The van der Waals surface area contributed by atoms with Crippen molar-refractivity contribution in [3.8, 4) is 0 Å². The van der Waals surface area contributed by atoms with Gasteiger partial charge in [0.2, 0.25) is 0 Å². The lowest BCUT2D eigenvalue weighted by Gasteiger charge is -2.24. The maximum atomic E-state index is 5.57. The van der Waals surface area contributed by atoms with Crippen molar-refractivity contribution in [2.24, 2.45) is 5.73 Å². The third-order valence-corrected chi connectivity index (χ3v) is 3.33. The normalized spacial score (nSPS) is 13.1. The quantitative estimate of drug-likeness (QED) is 0.796. The maximum absolute atomic E-state index is 5.57. The Kier molecular flexibility index (Phi) is 5.50. The van der Waals surface area contributed by atoms with Gasteiger partial charge < -0.3 is 10.6 Å². The molecule has 2 N–H and O–H groups in total. The molecule has 0 saturated carbocycles. The average molecular weight is 220 g/mol. The molecule has 0 radical (unpaired) electrons. The monoisotopic (exact) mass is 220 g/mol. The van der Waals surface area contributed by atoms with Crippen molar-refractivity contribution in [1.29, 1.82) is 0 Å². The second kappa shape index (κ2) is 6.66. The second-order valence-corrected chi connectivity index (χ2v) is 4.58. The lowest BCUT2D eigenvalue weighted by atomic mass is 10.1. The first kappa shape index (κ1) is 13.2. The summed E-state index contributed by atoms with van der Waals surface area (Å²) in [7, 11) is 2.18. The van der Waals surface area contributed by atoms with E-state index in [0.717, 1.165) is 25.9 Å². The SMILES string of the molecule is Cc1ccccc1CCN(C)C(C)CCN. The molecule has 1 unspecified atom stereocenters. The minimum atomic E-state index is 0.578. The highest BCUT2D eigenvalue weighted by Crippen LogP contribution is 2.09. The van der Waals surface area contributed by atoms with Gasteiger partial charge in [0.05, 0.1) is 0 Å². The van der Waals surface area contributed by atoms with Crippen molar-refractivity contribution in [2.45, 2.75) is 32.7 Å². The van der Waals surface area contributed by atoms with E-state index in [1.54, 1.807) is 0 Å². The summed E-state index contributed by atoms with van der Waals surface area (Å²) < 4.78 is 0. The minimum Gasteiger partial charge on any atom is -0.330 e. The molecule has 16 heavy (non-hydrogen) atoms. The molecule has 0 amide bonds. The first-order valence-corrected chi connectivity index (χ1v) is 6.10. The molecule has 0 aliphatic rings. The van der Waals surface area contributed by atoms with Gasteiger partial charge in [-0.05, 0) is 51.4 Å². The first-order valence-electron chi connectivity index (χ1n) is 6.10. The number of hydrogen-bond donors (Lipinski definition) is 1. The van der Waals surface area contributed by atoms with Crippen molar-refractivity contribution in [3.63, 3.8) is 0 Å². The van der Waals surface area contributed by atoms with Crippen LogP contribution in [0.5, 0.6) is 0 Å². The number of nitrogens with two attached hydrogens (primary N) is 1. The summed E-state index contributed by atoms with van der Waals surface area (Å²) in [5.74, 6) is 0. The second-order valence-electron chi connectivity index (χ2n) is 4.58. The van der Waals surface area contributed by atoms with Crippen LogP contribution in [0.25, 0.3) is 0 Å². The van der Waals surface area contributed by atoms with E-state index < -0.39 is 0 Å². The zero-order valence-corrected chi connectivity index (χ0v) is 10.7. The molecule has 0 aromatic heterocycles. The largest absolute Gasteiger partial charge is 0.330 e. The lowest BCUT2D eigenvalue weighted by Crippen LogP contribution is -2.32. The third kappa shape index (κ3) is 3.95. The zero-order valence-electron chi connectivity index (χ0n) is 10.7. The Morgan fingerprint density at radius 1 is 1.31 bits per heavy atom. The van der Waals surface area contributed by atoms with Gasteiger partial charge in [-0.15, -0.1) is 0 Å². The van der Waals surface area contributed by atoms with Crippen LogP contribution in [0.2, 0.25) is 0 Å². The summed E-state index contributed by atoms with van der Waals surface area (Å²) in [6, 6.07) is 9.19.